The number of para-hydroxylation sites is 1. The van der Waals surface area contributed by atoms with Crippen molar-refractivity contribution < 1.29 is 18.0 Å². The summed E-state index contributed by atoms with van der Waals surface area (Å²) in [6.07, 6.45) is 0.947. The molecule has 0 bridgehead atoms. The molecule has 0 aliphatic rings. The van der Waals surface area contributed by atoms with Crippen LogP contribution in [0.3, 0.4) is 0 Å². The van der Waals surface area contributed by atoms with E-state index >= 15 is 0 Å². The Morgan fingerprint density at radius 3 is 2.05 bits per heavy atom. The first-order valence-electron chi connectivity index (χ1n) is 14.3. The van der Waals surface area contributed by atoms with E-state index in [1.54, 1.807) is 42.5 Å². The fourth-order valence-corrected chi connectivity index (χ4v) is 6.67. The summed E-state index contributed by atoms with van der Waals surface area (Å²) in [6.45, 7) is 3.39. The minimum absolute atomic E-state index is 0.0162. The molecule has 230 valence electrons. The molecule has 0 radical (unpaired) electrons. The van der Waals surface area contributed by atoms with E-state index in [2.05, 4.69) is 21.2 Å². The molecule has 0 aromatic heterocycles. The van der Waals surface area contributed by atoms with Crippen LogP contribution in [0.25, 0.3) is 0 Å². The summed E-state index contributed by atoms with van der Waals surface area (Å²) in [5, 5.41) is 3.21. The molecule has 4 aromatic rings. The summed E-state index contributed by atoms with van der Waals surface area (Å²) in [6, 6.07) is 30.3. The lowest BCUT2D eigenvalue weighted by atomic mass is 10.0. The Kier molecular flexibility index (Phi) is 11.6. The van der Waals surface area contributed by atoms with Crippen LogP contribution in [0.15, 0.2) is 119 Å². The highest BCUT2D eigenvalue weighted by atomic mass is 79.9. The topological polar surface area (TPSA) is 86.8 Å². The molecule has 0 aliphatic carbocycles. The molecular weight excluding hydrogens is 662 g/mol. The first-order valence-corrected chi connectivity index (χ1v) is 16.9. The van der Waals surface area contributed by atoms with Crippen molar-refractivity contribution in [2.75, 3.05) is 10.8 Å². The Morgan fingerprint density at radius 1 is 0.841 bits per heavy atom. The lowest BCUT2D eigenvalue weighted by Crippen LogP contribution is -2.54. The van der Waals surface area contributed by atoms with Gasteiger partial charge in [-0.25, -0.2) is 8.42 Å². The van der Waals surface area contributed by atoms with Gasteiger partial charge >= 0.3 is 0 Å². The monoisotopic (exact) mass is 695 g/mol. The molecule has 0 saturated carbocycles. The molecule has 44 heavy (non-hydrogen) atoms. The molecule has 0 saturated heterocycles. The van der Waals surface area contributed by atoms with E-state index in [0.29, 0.717) is 6.42 Å². The summed E-state index contributed by atoms with van der Waals surface area (Å²) in [5.41, 5.74) is 1.81. The van der Waals surface area contributed by atoms with Crippen molar-refractivity contribution in [1.82, 2.24) is 10.2 Å². The van der Waals surface area contributed by atoms with E-state index in [-0.39, 0.29) is 40.5 Å². The number of rotatable bonds is 13. The molecule has 0 aliphatic heterocycles. The van der Waals surface area contributed by atoms with Gasteiger partial charge in [0.15, 0.2) is 0 Å². The highest BCUT2D eigenvalue weighted by molar-refractivity contribution is 9.10. The van der Waals surface area contributed by atoms with E-state index < -0.39 is 28.5 Å². The number of hydrogen-bond donors (Lipinski definition) is 1. The van der Waals surface area contributed by atoms with Gasteiger partial charge in [-0.15, -0.1) is 0 Å². The molecule has 7 nitrogen and oxygen atoms in total. The van der Waals surface area contributed by atoms with Gasteiger partial charge in [-0.3, -0.25) is 13.9 Å². The number of nitrogens with zero attached hydrogens (tertiary/aromatic N) is 2. The number of carbonyl (C=O) groups excluding carboxylic acids is 2. The van der Waals surface area contributed by atoms with Crippen LogP contribution in [0, 0.1) is 0 Å². The van der Waals surface area contributed by atoms with Gasteiger partial charge in [0, 0.05) is 23.5 Å². The summed E-state index contributed by atoms with van der Waals surface area (Å²) >= 11 is 9.96. The Labute approximate surface area is 273 Å². The summed E-state index contributed by atoms with van der Waals surface area (Å²) < 4.78 is 30.0. The van der Waals surface area contributed by atoms with Gasteiger partial charge in [0.1, 0.15) is 12.6 Å². The molecular formula is C34H35BrClN3O4S. The lowest BCUT2D eigenvalue weighted by Gasteiger charge is -2.34. The molecule has 2 amide bonds. The van der Waals surface area contributed by atoms with E-state index in [9.17, 15) is 18.0 Å². The summed E-state index contributed by atoms with van der Waals surface area (Å²) in [5.74, 6) is -0.864. The highest BCUT2D eigenvalue weighted by Crippen LogP contribution is 2.31. The molecule has 2 unspecified atom stereocenters. The van der Waals surface area contributed by atoms with Gasteiger partial charge in [-0.1, -0.05) is 107 Å². The van der Waals surface area contributed by atoms with E-state index in [1.165, 1.54) is 17.0 Å². The zero-order chi connectivity index (χ0) is 31.7. The van der Waals surface area contributed by atoms with Crippen LogP contribution in [0.5, 0.6) is 0 Å². The van der Waals surface area contributed by atoms with Crippen molar-refractivity contribution in [2.45, 2.75) is 50.2 Å². The molecule has 2 atom stereocenters. The van der Waals surface area contributed by atoms with Gasteiger partial charge in [0.25, 0.3) is 10.0 Å². The third kappa shape index (κ3) is 8.49. The largest absolute Gasteiger partial charge is 0.352 e. The number of benzene rings is 4. The number of nitrogens with one attached hydrogen (secondary N) is 1. The van der Waals surface area contributed by atoms with Crippen LogP contribution in [0.4, 0.5) is 5.69 Å². The molecule has 0 fully saturated rings. The molecule has 10 heteroatoms. The predicted molar refractivity (Wildman–Crippen MR) is 179 cm³/mol. The molecule has 0 spiro atoms. The Hall–Kier alpha value is -3.66. The lowest BCUT2D eigenvalue weighted by molar-refractivity contribution is -0.140. The molecule has 0 heterocycles. The van der Waals surface area contributed by atoms with Crippen LogP contribution in [0.1, 0.15) is 31.4 Å². The van der Waals surface area contributed by atoms with Gasteiger partial charge < -0.3 is 10.2 Å². The van der Waals surface area contributed by atoms with Crippen LogP contribution in [-0.2, 0) is 32.6 Å². The Morgan fingerprint density at radius 2 is 1.43 bits per heavy atom. The zero-order valence-corrected chi connectivity index (χ0v) is 27.7. The van der Waals surface area contributed by atoms with Crippen LogP contribution < -0.4 is 9.62 Å². The Bertz CT molecular complexity index is 1660. The second-order valence-electron chi connectivity index (χ2n) is 10.4. The van der Waals surface area contributed by atoms with Crippen LogP contribution in [-0.4, -0.2) is 43.8 Å². The van der Waals surface area contributed by atoms with Crippen LogP contribution >= 0.6 is 27.5 Å². The first-order chi connectivity index (χ1) is 21.1. The minimum atomic E-state index is -4.22. The zero-order valence-electron chi connectivity index (χ0n) is 24.6. The smallest absolute Gasteiger partial charge is 0.264 e. The van der Waals surface area contributed by atoms with Crippen molar-refractivity contribution in [3.63, 3.8) is 0 Å². The average Bonchev–Trinajstić information content (AvgIpc) is 3.03. The maximum Gasteiger partial charge on any atom is 0.264 e. The van der Waals surface area contributed by atoms with Gasteiger partial charge in [-0.05, 0) is 60.9 Å². The number of amides is 2. The normalized spacial score (nSPS) is 12.6. The average molecular weight is 697 g/mol. The third-order valence-electron chi connectivity index (χ3n) is 7.27. The second-order valence-corrected chi connectivity index (χ2v) is 13.6. The molecule has 1 N–H and O–H groups in total. The van der Waals surface area contributed by atoms with Gasteiger partial charge in [0.2, 0.25) is 11.8 Å². The van der Waals surface area contributed by atoms with Crippen molar-refractivity contribution >= 4 is 55.1 Å². The molecule has 4 aromatic carbocycles. The van der Waals surface area contributed by atoms with Crippen molar-refractivity contribution in [3.05, 3.63) is 130 Å². The number of sulfonamides is 1. The minimum Gasteiger partial charge on any atom is -0.352 e. The van der Waals surface area contributed by atoms with Gasteiger partial charge in [-0.2, -0.15) is 0 Å². The number of halogens is 2. The van der Waals surface area contributed by atoms with Gasteiger partial charge in [0.05, 0.1) is 15.6 Å². The predicted octanol–water partition coefficient (Wildman–Crippen LogP) is 6.85. The third-order valence-corrected chi connectivity index (χ3v) is 9.89. The van der Waals surface area contributed by atoms with Crippen molar-refractivity contribution in [2.24, 2.45) is 0 Å². The SMILES string of the molecule is CCC(C)NC(=O)C(Cc1ccccc1)N(Cc1ccc(Br)cc1)C(=O)CN(c1ccccc1Cl)S(=O)(=O)c1ccccc1. The fourth-order valence-electron chi connectivity index (χ4n) is 4.67. The highest BCUT2D eigenvalue weighted by Gasteiger charge is 2.35. The summed E-state index contributed by atoms with van der Waals surface area (Å²) in [4.78, 5) is 29.8. The van der Waals surface area contributed by atoms with Crippen molar-refractivity contribution in [1.29, 1.82) is 0 Å². The van der Waals surface area contributed by atoms with E-state index in [0.717, 1.165) is 19.9 Å². The van der Waals surface area contributed by atoms with Crippen molar-refractivity contribution in [3.8, 4) is 0 Å². The van der Waals surface area contributed by atoms with E-state index in [1.807, 2.05) is 68.4 Å². The van der Waals surface area contributed by atoms with E-state index in [4.69, 9.17) is 11.6 Å². The second kappa shape index (κ2) is 15.4. The number of carbonyl (C=O) groups is 2. The number of hydrogen-bond acceptors (Lipinski definition) is 4. The fraction of sp³-hybridized carbons (Fsp3) is 0.235. The Balaban J connectivity index is 1.81. The maximum atomic E-state index is 14.5. The first kappa shape index (κ1) is 33.2. The van der Waals surface area contributed by atoms with Crippen LogP contribution in [0.2, 0.25) is 5.02 Å². The molecule has 4 rings (SSSR count). The quantitative estimate of drug-likeness (QED) is 0.166. The standard InChI is InChI=1S/C34H35BrClN3O4S/c1-3-25(2)37-34(41)32(22-26-12-6-4-7-13-26)38(23-27-18-20-28(35)21-19-27)33(40)24-39(31-17-11-10-16-30(31)36)44(42,43)29-14-8-5-9-15-29/h4-21,25,32H,3,22-24H2,1-2H3,(H,37,41). The number of anilines is 1. The summed E-state index contributed by atoms with van der Waals surface area (Å²) in [7, 11) is -4.22. The maximum absolute atomic E-state index is 14.5.